The lowest BCUT2D eigenvalue weighted by molar-refractivity contribution is 0.198. The Morgan fingerprint density at radius 1 is 0.889 bits per heavy atom. The zero-order valence-corrected chi connectivity index (χ0v) is 16.9. The minimum Gasteiger partial charge on any atom is -0.385 e. The molecule has 27 heavy (non-hydrogen) atoms. The van der Waals surface area contributed by atoms with Crippen molar-refractivity contribution in [2.75, 3.05) is 45.6 Å². The molecular formula is C18H24N2O5S2. The van der Waals surface area contributed by atoms with E-state index in [9.17, 15) is 16.8 Å². The zero-order chi connectivity index (χ0) is 19.5. The highest BCUT2D eigenvalue weighted by atomic mass is 32.2. The lowest BCUT2D eigenvalue weighted by Crippen LogP contribution is -2.50. The second-order valence-electron chi connectivity index (χ2n) is 6.47. The molecule has 0 unspecified atom stereocenters. The first-order valence-corrected chi connectivity index (χ1v) is 11.9. The summed E-state index contributed by atoms with van der Waals surface area (Å²) in [6.45, 7) is 1.02. The Hall–Kier alpha value is -1.52. The summed E-state index contributed by atoms with van der Waals surface area (Å²) in [7, 11) is -5.51. The number of hydrogen-bond acceptors (Lipinski definition) is 5. The predicted octanol–water partition coefficient (Wildman–Crippen LogP) is 1.51. The Balaban J connectivity index is 1.70. The van der Waals surface area contributed by atoms with E-state index in [0.29, 0.717) is 13.0 Å². The highest BCUT2D eigenvalue weighted by Crippen LogP contribution is 2.23. The summed E-state index contributed by atoms with van der Waals surface area (Å²) in [5.74, 6) is 0.0122. The fraction of sp³-hybridized carbons (Fsp3) is 0.444. The van der Waals surface area contributed by atoms with E-state index in [1.165, 1.54) is 15.7 Å². The van der Waals surface area contributed by atoms with E-state index in [0.717, 1.165) is 10.8 Å². The van der Waals surface area contributed by atoms with Crippen molar-refractivity contribution in [2.45, 2.75) is 11.3 Å². The van der Waals surface area contributed by atoms with Gasteiger partial charge in [0.15, 0.2) is 0 Å². The quantitative estimate of drug-likeness (QED) is 0.644. The van der Waals surface area contributed by atoms with Gasteiger partial charge in [-0.3, -0.25) is 0 Å². The fourth-order valence-corrected chi connectivity index (χ4v) is 6.10. The molecule has 1 aliphatic heterocycles. The summed E-state index contributed by atoms with van der Waals surface area (Å²) in [5, 5.41) is 1.83. The first-order valence-electron chi connectivity index (χ1n) is 8.80. The molecule has 1 saturated heterocycles. The normalized spacial score (nSPS) is 17.4. The molecule has 1 heterocycles. The molecule has 1 fully saturated rings. The number of sulfonamides is 2. The van der Waals surface area contributed by atoms with Gasteiger partial charge in [0.1, 0.15) is 0 Å². The standard InChI is InChI=1S/C18H24N2O5S2/c1-25-13-4-14-26(21,22)19-9-11-20(12-10-19)27(23,24)18-8-7-16-5-2-3-6-17(16)15-18/h2-3,5-8,15H,4,9-14H2,1H3. The number of hydrogen-bond donors (Lipinski definition) is 0. The van der Waals surface area contributed by atoms with Crippen LogP contribution in [0.4, 0.5) is 0 Å². The number of rotatable bonds is 7. The molecule has 1 aliphatic rings. The van der Waals surface area contributed by atoms with Gasteiger partial charge in [0.05, 0.1) is 10.6 Å². The third-order valence-electron chi connectivity index (χ3n) is 4.70. The third-order valence-corrected chi connectivity index (χ3v) is 8.55. The molecule has 0 aromatic heterocycles. The van der Waals surface area contributed by atoms with Crippen LogP contribution in [0.5, 0.6) is 0 Å². The van der Waals surface area contributed by atoms with Crippen molar-refractivity contribution < 1.29 is 21.6 Å². The van der Waals surface area contributed by atoms with Crippen molar-refractivity contribution in [3.63, 3.8) is 0 Å². The SMILES string of the molecule is COCCCS(=O)(=O)N1CCN(S(=O)(=O)c2ccc3ccccc3c2)CC1. The zero-order valence-electron chi connectivity index (χ0n) is 15.2. The highest BCUT2D eigenvalue weighted by molar-refractivity contribution is 7.89. The van der Waals surface area contributed by atoms with Crippen LogP contribution in [-0.2, 0) is 24.8 Å². The maximum atomic E-state index is 12.9. The van der Waals surface area contributed by atoms with E-state index in [1.54, 1.807) is 18.2 Å². The molecule has 0 atom stereocenters. The summed E-state index contributed by atoms with van der Waals surface area (Å²) >= 11 is 0. The molecule has 0 bridgehead atoms. The Morgan fingerprint density at radius 2 is 1.52 bits per heavy atom. The van der Waals surface area contributed by atoms with Gasteiger partial charge in [-0.15, -0.1) is 0 Å². The number of piperazine rings is 1. The molecule has 0 amide bonds. The maximum absolute atomic E-state index is 12.9. The van der Waals surface area contributed by atoms with Crippen molar-refractivity contribution in [1.82, 2.24) is 8.61 Å². The predicted molar refractivity (Wildman–Crippen MR) is 105 cm³/mol. The summed E-state index contributed by atoms with van der Waals surface area (Å²) in [6.07, 6.45) is 0.425. The number of benzene rings is 2. The van der Waals surface area contributed by atoms with Crippen molar-refractivity contribution >= 4 is 30.8 Å². The lowest BCUT2D eigenvalue weighted by Gasteiger charge is -2.33. The lowest BCUT2D eigenvalue weighted by atomic mass is 10.1. The fourth-order valence-electron chi connectivity index (χ4n) is 3.18. The van der Waals surface area contributed by atoms with Gasteiger partial charge in [-0.2, -0.15) is 8.61 Å². The van der Waals surface area contributed by atoms with Crippen LogP contribution in [0.15, 0.2) is 47.4 Å². The molecule has 0 aliphatic carbocycles. The van der Waals surface area contributed by atoms with Gasteiger partial charge in [-0.1, -0.05) is 30.3 Å². The van der Waals surface area contributed by atoms with Crippen molar-refractivity contribution in [3.8, 4) is 0 Å². The molecule has 0 saturated carbocycles. The minimum absolute atomic E-state index is 0.0122. The van der Waals surface area contributed by atoms with Gasteiger partial charge >= 0.3 is 0 Å². The van der Waals surface area contributed by atoms with Gasteiger partial charge in [0.25, 0.3) is 0 Å². The van der Waals surface area contributed by atoms with E-state index in [1.807, 2.05) is 24.3 Å². The average Bonchev–Trinajstić information content (AvgIpc) is 2.68. The van der Waals surface area contributed by atoms with Crippen LogP contribution >= 0.6 is 0 Å². The highest BCUT2D eigenvalue weighted by Gasteiger charge is 2.32. The Kier molecular flexibility index (Phi) is 6.17. The van der Waals surface area contributed by atoms with E-state index >= 15 is 0 Å². The van der Waals surface area contributed by atoms with Crippen LogP contribution in [0.2, 0.25) is 0 Å². The second-order valence-corrected chi connectivity index (χ2v) is 10.5. The largest absolute Gasteiger partial charge is 0.385 e. The summed E-state index contributed by atoms with van der Waals surface area (Å²) in [6, 6.07) is 12.6. The van der Waals surface area contributed by atoms with Gasteiger partial charge in [0.2, 0.25) is 20.0 Å². The molecule has 0 radical (unpaired) electrons. The van der Waals surface area contributed by atoms with Crippen LogP contribution in [-0.4, -0.2) is 71.1 Å². The second kappa shape index (κ2) is 8.24. The molecule has 3 rings (SSSR count). The average molecular weight is 413 g/mol. The molecule has 2 aromatic carbocycles. The van der Waals surface area contributed by atoms with Gasteiger partial charge in [-0.05, 0) is 29.3 Å². The molecule has 7 nitrogen and oxygen atoms in total. The molecule has 0 spiro atoms. The minimum atomic E-state index is -3.65. The monoisotopic (exact) mass is 412 g/mol. The molecule has 2 aromatic rings. The number of fused-ring (bicyclic) bond motifs is 1. The Labute approximate surface area is 160 Å². The van der Waals surface area contributed by atoms with Crippen LogP contribution < -0.4 is 0 Å². The van der Waals surface area contributed by atoms with Crippen LogP contribution in [0.3, 0.4) is 0 Å². The summed E-state index contributed by atoms with van der Waals surface area (Å²) in [5.41, 5.74) is 0. The Bertz CT molecular complexity index is 997. The van der Waals surface area contributed by atoms with E-state index in [-0.39, 0.29) is 36.8 Å². The van der Waals surface area contributed by atoms with Crippen molar-refractivity contribution in [1.29, 1.82) is 0 Å². The van der Waals surface area contributed by atoms with Crippen LogP contribution in [0.1, 0.15) is 6.42 Å². The molecule has 9 heteroatoms. The molecule has 148 valence electrons. The van der Waals surface area contributed by atoms with Gasteiger partial charge in [0, 0.05) is 39.9 Å². The Morgan fingerprint density at radius 3 is 2.19 bits per heavy atom. The van der Waals surface area contributed by atoms with Crippen molar-refractivity contribution in [3.05, 3.63) is 42.5 Å². The molecule has 0 N–H and O–H groups in total. The maximum Gasteiger partial charge on any atom is 0.243 e. The van der Waals surface area contributed by atoms with E-state index in [2.05, 4.69) is 0 Å². The first-order chi connectivity index (χ1) is 12.8. The van der Waals surface area contributed by atoms with Gasteiger partial charge in [-0.25, -0.2) is 16.8 Å². The van der Waals surface area contributed by atoms with Crippen LogP contribution in [0.25, 0.3) is 10.8 Å². The van der Waals surface area contributed by atoms with Crippen LogP contribution in [0, 0.1) is 0 Å². The number of methoxy groups -OCH3 is 1. The topological polar surface area (TPSA) is 84.0 Å². The van der Waals surface area contributed by atoms with E-state index < -0.39 is 20.0 Å². The summed E-state index contributed by atoms with van der Waals surface area (Å²) < 4.78 is 58.2. The van der Waals surface area contributed by atoms with Gasteiger partial charge < -0.3 is 4.74 Å². The molecular weight excluding hydrogens is 388 g/mol. The first kappa shape index (κ1) is 20.2. The van der Waals surface area contributed by atoms with E-state index in [4.69, 9.17) is 4.74 Å². The third kappa shape index (κ3) is 4.49. The smallest absolute Gasteiger partial charge is 0.243 e. The summed E-state index contributed by atoms with van der Waals surface area (Å²) in [4.78, 5) is 0.234. The van der Waals surface area contributed by atoms with Crippen molar-refractivity contribution in [2.24, 2.45) is 0 Å². The number of nitrogens with zero attached hydrogens (tertiary/aromatic N) is 2. The number of ether oxygens (including phenoxy) is 1.